The molecule has 1 aliphatic heterocycles. The molecule has 0 radical (unpaired) electrons. The number of benzene rings is 1. The topological polar surface area (TPSA) is 78.3 Å². The molecule has 1 aromatic heterocycles. The molecule has 0 bridgehead atoms. The largest absolute Gasteiger partial charge is 0.497 e. The highest BCUT2D eigenvalue weighted by molar-refractivity contribution is 8.00. The highest BCUT2D eigenvalue weighted by atomic mass is 32.2. The van der Waals surface area contributed by atoms with Gasteiger partial charge < -0.3 is 19.4 Å². The Morgan fingerprint density at radius 1 is 1.28 bits per heavy atom. The number of aromatic nitrogens is 3. The van der Waals surface area contributed by atoms with Crippen molar-refractivity contribution in [3.8, 4) is 5.75 Å². The summed E-state index contributed by atoms with van der Waals surface area (Å²) in [5.74, 6) is 1.58. The Morgan fingerprint density at radius 2 is 2.10 bits per heavy atom. The van der Waals surface area contributed by atoms with Gasteiger partial charge >= 0.3 is 5.97 Å². The molecular weight excluding hydrogens is 388 g/mol. The van der Waals surface area contributed by atoms with Gasteiger partial charge in [-0.2, -0.15) is 0 Å². The molecule has 2 aliphatic rings. The van der Waals surface area contributed by atoms with Crippen LogP contribution in [0.4, 0.5) is 5.69 Å². The van der Waals surface area contributed by atoms with Gasteiger partial charge in [0.05, 0.1) is 13.7 Å². The summed E-state index contributed by atoms with van der Waals surface area (Å²) in [5, 5.41) is 13.0. The fraction of sp³-hybridized carbons (Fsp3) is 0.571. The number of methoxy groups -OCH3 is 1. The number of nitrogens with zero attached hydrogens (tertiary/aromatic N) is 3. The Bertz CT molecular complexity index is 850. The van der Waals surface area contributed by atoms with Gasteiger partial charge in [0.1, 0.15) is 17.1 Å². The van der Waals surface area contributed by atoms with Crippen molar-refractivity contribution >= 4 is 23.4 Å². The predicted molar refractivity (Wildman–Crippen MR) is 112 cm³/mol. The molecule has 1 N–H and O–H groups in total. The van der Waals surface area contributed by atoms with Gasteiger partial charge in [-0.15, -0.1) is 10.2 Å². The van der Waals surface area contributed by atoms with E-state index in [1.807, 2.05) is 31.2 Å². The number of carbonyl (C=O) groups excluding carboxylic acids is 1. The summed E-state index contributed by atoms with van der Waals surface area (Å²) in [6.45, 7) is 2.51. The summed E-state index contributed by atoms with van der Waals surface area (Å²) in [6.07, 6.45) is 6.67. The summed E-state index contributed by atoms with van der Waals surface area (Å²) in [7, 11) is 1.66. The van der Waals surface area contributed by atoms with Crippen LogP contribution in [-0.4, -0.2) is 39.2 Å². The summed E-state index contributed by atoms with van der Waals surface area (Å²) < 4.78 is 12.9. The van der Waals surface area contributed by atoms with E-state index in [4.69, 9.17) is 9.47 Å². The van der Waals surface area contributed by atoms with Crippen molar-refractivity contribution in [2.75, 3.05) is 12.4 Å². The van der Waals surface area contributed by atoms with Crippen LogP contribution >= 0.6 is 11.8 Å². The van der Waals surface area contributed by atoms with E-state index in [-0.39, 0.29) is 17.3 Å². The number of carbonyl (C=O) groups is 1. The smallest absolute Gasteiger partial charge is 0.319 e. The van der Waals surface area contributed by atoms with Gasteiger partial charge in [0.15, 0.2) is 11.0 Å². The minimum Gasteiger partial charge on any atom is -0.497 e. The normalized spacial score (nSPS) is 22.5. The van der Waals surface area contributed by atoms with Crippen molar-refractivity contribution in [1.82, 2.24) is 14.8 Å². The average molecular weight is 417 g/mol. The van der Waals surface area contributed by atoms with Crippen LogP contribution in [-0.2, 0) is 16.1 Å². The van der Waals surface area contributed by atoms with E-state index >= 15 is 0 Å². The number of anilines is 1. The molecule has 1 saturated carbocycles. The SMILES string of the molecule is COc1cccc(NCc2nnc(SC3CC(C)OC3=O)n2C2CCCCC2)c1. The molecule has 2 atom stereocenters. The van der Waals surface area contributed by atoms with Crippen molar-refractivity contribution in [2.24, 2.45) is 0 Å². The number of rotatable bonds is 7. The Morgan fingerprint density at radius 3 is 2.83 bits per heavy atom. The number of cyclic esters (lactones) is 1. The molecule has 2 unspecified atom stereocenters. The lowest BCUT2D eigenvalue weighted by molar-refractivity contribution is -0.140. The Balaban J connectivity index is 1.54. The van der Waals surface area contributed by atoms with E-state index in [0.29, 0.717) is 12.6 Å². The van der Waals surface area contributed by atoms with Gasteiger partial charge in [0.2, 0.25) is 0 Å². The fourth-order valence-electron chi connectivity index (χ4n) is 4.07. The van der Waals surface area contributed by atoms with E-state index in [9.17, 15) is 4.79 Å². The van der Waals surface area contributed by atoms with E-state index in [1.54, 1.807) is 7.11 Å². The van der Waals surface area contributed by atoms with Crippen molar-refractivity contribution in [1.29, 1.82) is 0 Å². The first-order valence-electron chi connectivity index (χ1n) is 10.3. The van der Waals surface area contributed by atoms with Crippen LogP contribution in [0.5, 0.6) is 5.75 Å². The summed E-state index contributed by atoms with van der Waals surface area (Å²) in [4.78, 5) is 12.1. The molecule has 1 aromatic carbocycles. The van der Waals surface area contributed by atoms with Crippen LogP contribution < -0.4 is 10.1 Å². The number of hydrogen-bond donors (Lipinski definition) is 1. The molecule has 1 aliphatic carbocycles. The minimum absolute atomic E-state index is 0.0275. The number of thioether (sulfide) groups is 1. The summed E-state index contributed by atoms with van der Waals surface area (Å²) in [5.41, 5.74) is 0.977. The maximum atomic E-state index is 12.1. The maximum absolute atomic E-state index is 12.1. The molecule has 1 saturated heterocycles. The molecule has 2 fully saturated rings. The molecule has 0 amide bonds. The van der Waals surface area contributed by atoms with Crippen molar-refractivity contribution < 1.29 is 14.3 Å². The van der Waals surface area contributed by atoms with Crippen LogP contribution in [0.2, 0.25) is 0 Å². The lowest BCUT2D eigenvalue weighted by atomic mass is 9.95. The maximum Gasteiger partial charge on any atom is 0.319 e. The van der Waals surface area contributed by atoms with E-state index in [2.05, 4.69) is 20.1 Å². The van der Waals surface area contributed by atoms with Gasteiger partial charge in [0.25, 0.3) is 0 Å². The second-order valence-electron chi connectivity index (χ2n) is 7.74. The Kier molecular flexibility index (Phi) is 6.28. The molecule has 2 aromatic rings. The van der Waals surface area contributed by atoms with E-state index < -0.39 is 0 Å². The number of ether oxygens (including phenoxy) is 2. The van der Waals surface area contributed by atoms with Crippen molar-refractivity contribution in [2.45, 2.75) is 74.5 Å². The number of nitrogens with one attached hydrogen (secondary N) is 1. The van der Waals surface area contributed by atoms with Crippen LogP contribution in [0.15, 0.2) is 29.4 Å². The van der Waals surface area contributed by atoms with Crippen LogP contribution in [0, 0.1) is 0 Å². The Labute approximate surface area is 175 Å². The zero-order valence-corrected chi connectivity index (χ0v) is 17.8. The highest BCUT2D eigenvalue weighted by Gasteiger charge is 2.35. The van der Waals surface area contributed by atoms with Gasteiger partial charge in [-0.3, -0.25) is 4.79 Å². The lowest BCUT2D eigenvalue weighted by Crippen LogP contribution is -2.19. The van der Waals surface area contributed by atoms with Crippen LogP contribution in [0.3, 0.4) is 0 Å². The summed E-state index contributed by atoms with van der Waals surface area (Å²) >= 11 is 1.50. The van der Waals surface area contributed by atoms with Gasteiger partial charge in [0, 0.05) is 24.2 Å². The van der Waals surface area contributed by atoms with Gasteiger partial charge in [-0.05, 0) is 31.9 Å². The van der Waals surface area contributed by atoms with Gasteiger partial charge in [-0.25, -0.2) is 0 Å². The molecule has 2 heterocycles. The predicted octanol–water partition coefficient (Wildman–Crippen LogP) is 4.20. The zero-order valence-electron chi connectivity index (χ0n) is 17.0. The molecule has 29 heavy (non-hydrogen) atoms. The van der Waals surface area contributed by atoms with Gasteiger partial charge in [-0.1, -0.05) is 37.1 Å². The fourth-order valence-corrected chi connectivity index (χ4v) is 5.30. The highest BCUT2D eigenvalue weighted by Crippen LogP contribution is 2.36. The van der Waals surface area contributed by atoms with E-state index in [1.165, 1.54) is 31.0 Å². The zero-order chi connectivity index (χ0) is 20.2. The summed E-state index contributed by atoms with van der Waals surface area (Å²) in [6, 6.07) is 8.24. The Hall–Kier alpha value is -2.22. The lowest BCUT2D eigenvalue weighted by Gasteiger charge is -2.26. The van der Waals surface area contributed by atoms with Crippen LogP contribution in [0.1, 0.15) is 57.3 Å². The quantitative estimate of drug-likeness (QED) is 0.678. The van der Waals surface area contributed by atoms with E-state index in [0.717, 1.165) is 41.7 Å². The standard InChI is InChI=1S/C21H28N4O3S/c1-14-11-18(20(26)28-14)29-21-24-23-19(25(21)16-8-4-3-5-9-16)13-22-15-7-6-10-17(12-15)27-2/h6-7,10,12,14,16,18,22H,3-5,8-9,11,13H2,1-2H3. The molecule has 156 valence electrons. The van der Waals surface area contributed by atoms with Crippen LogP contribution in [0.25, 0.3) is 0 Å². The van der Waals surface area contributed by atoms with Crippen molar-refractivity contribution in [3.63, 3.8) is 0 Å². The molecular formula is C21H28N4O3S. The third-order valence-corrected chi connectivity index (χ3v) is 6.73. The number of hydrogen-bond acceptors (Lipinski definition) is 7. The minimum atomic E-state index is -0.198. The first kappa shape index (κ1) is 20.1. The number of esters is 1. The average Bonchev–Trinajstić information content (AvgIpc) is 3.29. The van der Waals surface area contributed by atoms with Crippen molar-refractivity contribution in [3.05, 3.63) is 30.1 Å². The molecule has 7 nitrogen and oxygen atoms in total. The molecule has 0 spiro atoms. The first-order chi connectivity index (χ1) is 14.1. The third kappa shape index (κ3) is 4.69. The molecule has 8 heteroatoms. The first-order valence-corrected chi connectivity index (χ1v) is 11.2. The third-order valence-electron chi connectivity index (χ3n) is 5.57. The second-order valence-corrected chi connectivity index (χ2v) is 8.91. The molecule has 4 rings (SSSR count). The second kappa shape index (κ2) is 9.07. The monoisotopic (exact) mass is 416 g/mol.